The van der Waals surface area contributed by atoms with E-state index in [9.17, 15) is 9.59 Å². The van der Waals surface area contributed by atoms with Gasteiger partial charge in [-0.25, -0.2) is 0 Å². The summed E-state index contributed by atoms with van der Waals surface area (Å²) in [5, 5.41) is 11.7. The van der Waals surface area contributed by atoms with E-state index in [2.05, 4.69) is 21.2 Å². The molecule has 5 nitrogen and oxygen atoms in total. The molecule has 1 aromatic heterocycles. The first-order chi connectivity index (χ1) is 9.56. The van der Waals surface area contributed by atoms with Gasteiger partial charge in [-0.05, 0) is 23.8 Å². The van der Waals surface area contributed by atoms with Crippen molar-refractivity contribution in [3.8, 4) is 0 Å². The van der Waals surface area contributed by atoms with Crippen molar-refractivity contribution in [2.24, 2.45) is 0 Å². The van der Waals surface area contributed by atoms with Crippen molar-refractivity contribution in [2.75, 3.05) is 0 Å². The molecule has 0 aliphatic rings. The molecule has 0 radical (unpaired) electrons. The minimum absolute atomic E-state index is 0.189. The maximum atomic E-state index is 12.0. The topological polar surface area (TPSA) is 79.5 Å². The number of halogens is 1. The van der Waals surface area contributed by atoms with Crippen LogP contribution < -0.4 is 5.32 Å². The maximum Gasteiger partial charge on any atom is 0.305 e. The largest absolute Gasteiger partial charge is 0.481 e. The molecule has 2 N–H and O–H groups in total. The molecule has 0 bridgehead atoms. The summed E-state index contributed by atoms with van der Waals surface area (Å²) >= 11 is 3.31. The first-order valence-corrected chi connectivity index (χ1v) is 6.66. The number of amides is 1. The highest BCUT2D eigenvalue weighted by atomic mass is 79.9. The molecule has 20 heavy (non-hydrogen) atoms. The van der Waals surface area contributed by atoms with Crippen LogP contribution >= 0.6 is 15.9 Å². The van der Waals surface area contributed by atoms with Crippen LogP contribution in [0.4, 0.5) is 0 Å². The van der Waals surface area contributed by atoms with E-state index in [0.717, 1.165) is 10.0 Å². The van der Waals surface area contributed by atoms with Crippen molar-refractivity contribution >= 4 is 27.8 Å². The fourth-order valence-corrected chi connectivity index (χ4v) is 2.02. The van der Waals surface area contributed by atoms with E-state index >= 15 is 0 Å². The molecular weight excluding hydrogens is 326 g/mol. The summed E-state index contributed by atoms with van der Waals surface area (Å²) in [5.41, 5.74) is 1.09. The Hall–Kier alpha value is -2.08. The number of hydrogen-bond acceptors (Lipinski definition) is 3. The Labute approximate surface area is 123 Å². The third kappa shape index (κ3) is 3.71. The molecule has 2 rings (SSSR count). The Morgan fingerprint density at radius 2 is 1.95 bits per heavy atom. The van der Waals surface area contributed by atoms with E-state index in [0.29, 0.717) is 5.56 Å². The van der Waals surface area contributed by atoms with Gasteiger partial charge in [-0.1, -0.05) is 28.1 Å². The van der Waals surface area contributed by atoms with Crippen LogP contribution in [0.25, 0.3) is 0 Å². The molecular formula is C14H12BrNO4. The molecule has 1 atom stereocenters. The standard InChI is InChI=1S/C14H12BrNO4/c15-11-3-1-9(2-4-11)12(7-13(17)18)16-14(19)10-5-6-20-8-10/h1-6,8,12H,7H2,(H,16,19)(H,17,18)/t12-/m1/s1. The highest BCUT2D eigenvalue weighted by Gasteiger charge is 2.19. The molecule has 2 aromatic rings. The number of carbonyl (C=O) groups excluding carboxylic acids is 1. The van der Waals surface area contributed by atoms with Crippen LogP contribution in [-0.4, -0.2) is 17.0 Å². The van der Waals surface area contributed by atoms with Gasteiger partial charge in [0.15, 0.2) is 0 Å². The summed E-state index contributed by atoms with van der Waals surface area (Å²) in [6.07, 6.45) is 2.51. The quantitative estimate of drug-likeness (QED) is 0.878. The number of carbonyl (C=O) groups is 2. The van der Waals surface area contributed by atoms with Crippen molar-refractivity contribution in [3.05, 3.63) is 58.5 Å². The van der Waals surface area contributed by atoms with Gasteiger partial charge in [-0.3, -0.25) is 9.59 Å². The van der Waals surface area contributed by atoms with Crippen molar-refractivity contribution in [2.45, 2.75) is 12.5 Å². The predicted molar refractivity (Wildman–Crippen MR) is 75.3 cm³/mol. The molecule has 104 valence electrons. The summed E-state index contributed by atoms with van der Waals surface area (Å²) in [7, 11) is 0. The van der Waals surface area contributed by atoms with E-state index in [4.69, 9.17) is 9.52 Å². The molecule has 1 heterocycles. The number of nitrogens with one attached hydrogen (secondary N) is 1. The summed E-state index contributed by atoms with van der Waals surface area (Å²) in [5.74, 6) is -1.35. The Bertz CT molecular complexity index is 592. The summed E-state index contributed by atoms with van der Waals surface area (Å²) in [6, 6.07) is 8.07. The zero-order valence-corrected chi connectivity index (χ0v) is 12.0. The Balaban J connectivity index is 2.17. The zero-order chi connectivity index (χ0) is 14.5. The zero-order valence-electron chi connectivity index (χ0n) is 10.4. The maximum absolute atomic E-state index is 12.0. The SMILES string of the molecule is O=C(O)C[C@@H](NC(=O)c1ccoc1)c1ccc(Br)cc1. The number of benzene rings is 1. The van der Waals surface area contributed by atoms with Crippen LogP contribution in [0, 0.1) is 0 Å². The monoisotopic (exact) mass is 337 g/mol. The lowest BCUT2D eigenvalue weighted by molar-refractivity contribution is -0.137. The molecule has 0 unspecified atom stereocenters. The minimum atomic E-state index is -0.981. The van der Waals surface area contributed by atoms with Crippen molar-refractivity contribution < 1.29 is 19.1 Å². The molecule has 0 fully saturated rings. The molecule has 0 saturated carbocycles. The van der Waals surface area contributed by atoms with Crippen LogP contribution in [-0.2, 0) is 4.79 Å². The Morgan fingerprint density at radius 3 is 2.50 bits per heavy atom. The van der Waals surface area contributed by atoms with Gasteiger partial charge >= 0.3 is 5.97 Å². The van der Waals surface area contributed by atoms with Gasteiger partial charge in [-0.15, -0.1) is 0 Å². The summed E-state index contributed by atoms with van der Waals surface area (Å²) in [6.45, 7) is 0. The second-order valence-corrected chi connectivity index (χ2v) is 5.10. The summed E-state index contributed by atoms with van der Waals surface area (Å²) < 4.78 is 5.72. The van der Waals surface area contributed by atoms with Gasteiger partial charge in [0.05, 0.1) is 24.3 Å². The first-order valence-electron chi connectivity index (χ1n) is 5.86. The average Bonchev–Trinajstić information content (AvgIpc) is 2.92. The molecule has 0 saturated heterocycles. The lowest BCUT2D eigenvalue weighted by Gasteiger charge is -2.17. The van der Waals surface area contributed by atoms with E-state index < -0.39 is 12.0 Å². The fraction of sp³-hybridized carbons (Fsp3) is 0.143. The van der Waals surface area contributed by atoms with Gasteiger partial charge in [0.25, 0.3) is 5.91 Å². The molecule has 1 aromatic carbocycles. The van der Waals surface area contributed by atoms with Crippen LogP contribution in [0.1, 0.15) is 28.4 Å². The molecule has 6 heteroatoms. The average molecular weight is 338 g/mol. The van der Waals surface area contributed by atoms with Crippen LogP contribution in [0.2, 0.25) is 0 Å². The van der Waals surface area contributed by atoms with Gasteiger partial charge in [0, 0.05) is 4.47 Å². The van der Waals surface area contributed by atoms with Gasteiger partial charge in [0.1, 0.15) is 6.26 Å². The highest BCUT2D eigenvalue weighted by molar-refractivity contribution is 9.10. The van der Waals surface area contributed by atoms with Gasteiger partial charge in [0.2, 0.25) is 0 Å². The van der Waals surface area contributed by atoms with Crippen LogP contribution in [0.5, 0.6) is 0 Å². The number of aliphatic carboxylic acids is 1. The molecule has 0 aliphatic heterocycles. The second kappa shape index (κ2) is 6.38. The Kier molecular flexibility index (Phi) is 4.57. The number of furan rings is 1. The molecule has 1 amide bonds. The van der Waals surface area contributed by atoms with E-state index in [-0.39, 0.29) is 12.3 Å². The van der Waals surface area contributed by atoms with Gasteiger partial charge < -0.3 is 14.8 Å². The predicted octanol–water partition coefficient (Wildman–Crippen LogP) is 2.99. The van der Waals surface area contributed by atoms with Crippen molar-refractivity contribution in [1.82, 2.24) is 5.32 Å². The van der Waals surface area contributed by atoms with Crippen LogP contribution in [0.3, 0.4) is 0 Å². The lowest BCUT2D eigenvalue weighted by Crippen LogP contribution is -2.29. The van der Waals surface area contributed by atoms with Crippen molar-refractivity contribution in [3.63, 3.8) is 0 Å². The van der Waals surface area contributed by atoms with E-state index in [1.807, 2.05) is 0 Å². The first kappa shape index (κ1) is 14.3. The third-order valence-corrected chi connectivity index (χ3v) is 3.27. The van der Waals surface area contributed by atoms with E-state index in [1.165, 1.54) is 18.6 Å². The van der Waals surface area contributed by atoms with Gasteiger partial charge in [-0.2, -0.15) is 0 Å². The highest BCUT2D eigenvalue weighted by Crippen LogP contribution is 2.20. The Morgan fingerprint density at radius 1 is 1.25 bits per heavy atom. The molecule has 0 spiro atoms. The van der Waals surface area contributed by atoms with Crippen LogP contribution in [0.15, 0.2) is 51.7 Å². The fourth-order valence-electron chi connectivity index (χ4n) is 1.76. The smallest absolute Gasteiger partial charge is 0.305 e. The third-order valence-electron chi connectivity index (χ3n) is 2.74. The summed E-state index contributed by atoms with van der Waals surface area (Å²) in [4.78, 5) is 22.9. The van der Waals surface area contributed by atoms with E-state index in [1.54, 1.807) is 24.3 Å². The molecule has 0 aliphatic carbocycles. The second-order valence-electron chi connectivity index (χ2n) is 4.19. The number of carboxylic acids is 1. The lowest BCUT2D eigenvalue weighted by atomic mass is 10.0. The number of carboxylic acid groups (broad SMARTS) is 1. The normalized spacial score (nSPS) is 11.8. The number of hydrogen-bond donors (Lipinski definition) is 2. The minimum Gasteiger partial charge on any atom is -0.481 e. The number of rotatable bonds is 5. The van der Waals surface area contributed by atoms with Crippen molar-refractivity contribution in [1.29, 1.82) is 0 Å².